The van der Waals surface area contributed by atoms with E-state index in [0.717, 1.165) is 22.6 Å². The molecule has 11 aromatic rings. The van der Waals surface area contributed by atoms with Crippen LogP contribution in [0.25, 0.3) is 66.8 Å². The zero-order chi connectivity index (χ0) is 49.8. The molecule has 11 aromatic carbocycles. The number of rotatable bonds is 8. The van der Waals surface area contributed by atoms with Crippen LogP contribution in [0, 0.1) is 0 Å². The van der Waals surface area contributed by atoms with Gasteiger partial charge in [-0.05, 0) is 137 Å². The average molecular weight is 946 g/mol. The van der Waals surface area contributed by atoms with E-state index in [1.807, 2.05) is 0 Å². The highest BCUT2D eigenvalue weighted by molar-refractivity contribution is 6.01. The van der Waals surface area contributed by atoms with E-state index in [-0.39, 0.29) is 10.8 Å². The highest BCUT2D eigenvalue weighted by Gasteiger charge is 2.46. The Morgan fingerprint density at radius 2 is 0.689 bits per heavy atom. The van der Waals surface area contributed by atoms with Crippen molar-refractivity contribution in [2.24, 2.45) is 0 Å². The summed E-state index contributed by atoms with van der Waals surface area (Å²) >= 11 is 0. The quantitative estimate of drug-likeness (QED) is 0.147. The van der Waals surface area contributed by atoms with Crippen molar-refractivity contribution >= 4 is 17.1 Å². The second-order valence-corrected chi connectivity index (χ2v) is 21.5. The van der Waals surface area contributed by atoms with Gasteiger partial charge in [0.1, 0.15) is 0 Å². The molecular formula is C73H55N. The van der Waals surface area contributed by atoms with E-state index < -0.39 is 5.41 Å². The molecule has 0 saturated heterocycles. The minimum absolute atomic E-state index is 0.109. The van der Waals surface area contributed by atoms with Crippen molar-refractivity contribution in [1.29, 1.82) is 0 Å². The standard InChI is InChI=1S/C73H55N/c1-71(2)63-36-17-13-33-61(63)70-60(34-22-38-65(70)71)59-32-15-20-40-69(59)74(53-28-21-23-48(45-53)49-41-43-57-55-30-11-16-35-62(55)72(3,4)66(57)46-49)68-39-19-14-29-54(68)50-42-44-58-56-31-12-18-37-64(56)73(67(58)47-50,51-24-7-5-8-25-51)52-26-9-6-10-27-52/h5-47H,1-4H3. The summed E-state index contributed by atoms with van der Waals surface area (Å²) in [4.78, 5) is 2.54. The van der Waals surface area contributed by atoms with E-state index in [1.54, 1.807) is 0 Å². The maximum absolute atomic E-state index is 2.54. The summed E-state index contributed by atoms with van der Waals surface area (Å²) in [7, 11) is 0. The van der Waals surface area contributed by atoms with Crippen LogP contribution in [0.2, 0.25) is 0 Å². The molecule has 1 heteroatoms. The Hall–Kier alpha value is -8.78. The van der Waals surface area contributed by atoms with E-state index in [2.05, 4.69) is 293 Å². The minimum atomic E-state index is -0.524. The lowest BCUT2D eigenvalue weighted by atomic mass is 9.67. The number of hydrogen-bond acceptors (Lipinski definition) is 1. The normalized spacial score (nSPS) is 14.5. The summed E-state index contributed by atoms with van der Waals surface area (Å²) in [6.07, 6.45) is 0. The molecule has 0 N–H and O–H groups in total. The zero-order valence-corrected chi connectivity index (χ0v) is 42.3. The smallest absolute Gasteiger partial charge is 0.0713 e. The van der Waals surface area contributed by atoms with Gasteiger partial charge in [-0.25, -0.2) is 0 Å². The first kappa shape index (κ1) is 44.0. The summed E-state index contributed by atoms with van der Waals surface area (Å²) in [6, 6.07) is 97.9. The van der Waals surface area contributed by atoms with E-state index in [4.69, 9.17) is 0 Å². The van der Waals surface area contributed by atoms with Crippen LogP contribution in [0.1, 0.15) is 72.2 Å². The fourth-order valence-electron chi connectivity index (χ4n) is 13.5. The number of para-hydroxylation sites is 2. The third kappa shape index (κ3) is 6.36. The lowest BCUT2D eigenvalue weighted by Crippen LogP contribution is -2.28. The molecule has 0 heterocycles. The van der Waals surface area contributed by atoms with Crippen molar-refractivity contribution in [1.82, 2.24) is 0 Å². The SMILES string of the molecule is CC1(C)c2ccccc2-c2ccc(-c3cccc(N(c4ccccc4-c4ccc5c(c4)C(c4ccccc4)(c4ccccc4)c4ccccc4-5)c4ccccc4-c4cccc5c4-c4ccccc4C5(C)C)c3)cc21. The number of fused-ring (bicyclic) bond motifs is 9. The Balaban J connectivity index is 0.999. The minimum Gasteiger partial charge on any atom is -0.309 e. The van der Waals surface area contributed by atoms with Gasteiger partial charge >= 0.3 is 0 Å². The van der Waals surface area contributed by atoms with Gasteiger partial charge < -0.3 is 4.90 Å². The third-order valence-corrected chi connectivity index (χ3v) is 17.0. The van der Waals surface area contributed by atoms with Crippen LogP contribution in [0.15, 0.2) is 261 Å². The highest BCUT2D eigenvalue weighted by Crippen LogP contribution is 2.59. The van der Waals surface area contributed by atoms with Crippen LogP contribution in [0.4, 0.5) is 17.1 Å². The number of anilines is 3. The average Bonchev–Trinajstić information content (AvgIpc) is 3.98. The summed E-state index contributed by atoms with van der Waals surface area (Å²) in [5, 5.41) is 0. The van der Waals surface area contributed by atoms with Gasteiger partial charge in [-0.2, -0.15) is 0 Å². The van der Waals surface area contributed by atoms with E-state index in [1.165, 1.54) is 106 Å². The van der Waals surface area contributed by atoms with Gasteiger partial charge in [0.05, 0.1) is 16.8 Å². The molecule has 0 fully saturated rings. The summed E-state index contributed by atoms with van der Waals surface area (Å²) < 4.78 is 0. The Labute approximate surface area is 435 Å². The van der Waals surface area contributed by atoms with E-state index >= 15 is 0 Å². The van der Waals surface area contributed by atoms with Crippen LogP contribution in [0.3, 0.4) is 0 Å². The monoisotopic (exact) mass is 945 g/mol. The van der Waals surface area contributed by atoms with Crippen molar-refractivity contribution < 1.29 is 0 Å². The van der Waals surface area contributed by atoms with Gasteiger partial charge in [0.25, 0.3) is 0 Å². The predicted molar refractivity (Wildman–Crippen MR) is 310 cm³/mol. The Morgan fingerprint density at radius 1 is 0.257 bits per heavy atom. The van der Waals surface area contributed by atoms with Gasteiger partial charge in [-0.3, -0.25) is 0 Å². The van der Waals surface area contributed by atoms with Crippen molar-refractivity contribution in [3.63, 3.8) is 0 Å². The summed E-state index contributed by atoms with van der Waals surface area (Å²) in [5.74, 6) is 0. The molecular weight excluding hydrogens is 891 g/mol. The molecule has 1 nitrogen and oxygen atoms in total. The van der Waals surface area contributed by atoms with E-state index in [9.17, 15) is 0 Å². The molecule has 0 saturated carbocycles. The van der Waals surface area contributed by atoms with Crippen LogP contribution in [-0.4, -0.2) is 0 Å². The van der Waals surface area contributed by atoms with Gasteiger partial charge in [0.15, 0.2) is 0 Å². The maximum atomic E-state index is 2.54. The second kappa shape index (κ2) is 16.6. The summed E-state index contributed by atoms with van der Waals surface area (Å²) in [5.41, 5.74) is 28.2. The molecule has 0 atom stereocenters. The topological polar surface area (TPSA) is 3.24 Å². The first-order chi connectivity index (χ1) is 36.2. The second-order valence-electron chi connectivity index (χ2n) is 21.5. The molecule has 0 aliphatic heterocycles. The number of nitrogens with zero attached hydrogens (tertiary/aromatic N) is 1. The molecule has 0 aromatic heterocycles. The van der Waals surface area contributed by atoms with Crippen molar-refractivity contribution in [3.05, 3.63) is 305 Å². The molecule has 74 heavy (non-hydrogen) atoms. The van der Waals surface area contributed by atoms with Crippen LogP contribution in [-0.2, 0) is 16.2 Å². The number of benzene rings is 11. The van der Waals surface area contributed by atoms with Crippen LogP contribution >= 0.6 is 0 Å². The van der Waals surface area contributed by atoms with Crippen LogP contribution < -0.4 is 4.90 Å². The first-order valence-electron chi connectivity index (χ1n) is 26.2. The molecule has 352 valence electrons. The molecule has 0 amide bonds. The van der Waals surface area contributed by atoms with Crippen molar-refractivity contribution in [2.45, 2.75) is 43.9 Å². The third-order valence-electron chi connectivity index (χ3n) is 17.0. The fourth-order valence-corrected chi connectivity index (χ4v) is 13.5. The molecule has 3 aliphatic rings. The first-order valence-corrected chi connectivity index (χ1v) is 26.2. The Morgan fingerprint density at radius 3 is 1.38 bits per heavy atom. The lowest BCUT2D eigenvalue weighted by molar-refractivity contribution is 0.660. The van der Waals surface area contributed by atoms with Crippen molar-refractivity contribution in [3.8, 4) is 66.8 Å². The Bertz CT molecular complexity index is 3980. The van der Waals surface area contributed by atoms with Gasteiger partial charge in [0.2, 0.25) is 0 Å². The molecule has 14 rings (SSSR count). The van der Waals surface area contributed by atoms with Gasteiger partial charge in [0, 0.05) is 27.6 Å². The largest absolute Gasteiger partial charge is 0.309 e. The van der Waals surface area contributed by atoms with Crippen molar-refractivity contribution in [2.75, 3.05) is 4.90 Å². The number of hydrogen-bond donors (Lipinski definition) is 0. The molecule has 0 radical (unpaired) electrons. The van der Waals surface area contributed by atoms with E-state index in [0.29, 0.717) is 0 Å². The maximum Gasteiger partial charge on any atom is 0.0713 e. The Kier molecular flexibility index (Phi) is 9.88. The lowest BCUT2D eigenvalue weighted by Gasteiger charge is -2.34. The molecule has 0 unspecified atom stereocenters. The molecule has 0 spiro atoms. The molecule has 0 bridgehead atoms. The highest BCUT2D eigenvalue weighted by atomic mass is 15.1. The summed E-state index contributed by atoms with van der Waals surface area (Å²) in [6.45, 7) is 9.49. The van der Waals surface area contributed by atoms with Gasteiger partial charge in [-0.15, -0.1) is 0 Å². The van der Waals surface area contributed by atoms with Crippen LogP contribution in [0.5, 0.6) is 0 Å². The molecule has 3 aliphatic carbocycles. The fraction of sp³-hybridized carbons (Fsp3) is 0.0959. The zero-order valence-electron chi connectivity index (χ0n) is 42.3. The van der Waals surface area contributed by atoms with Gasteiger partial charge in [-0.1, -0.05) is 252 Å². The predicted octanol–water partition coefficient (Wildman–Crippen LogP) is 19.1.